The van der Waals surface area contributed by atoms with Crippen molar-refractivity contribution in [2.45, 2.75) is 6.92 Å². The van der Waals surface area contributed by atoms with E-state index < -0.39 is 11.7 Å². The third-order valence-corrected chi connectivity index (χ3v) is 5.36. The standard InChI is InChI=1S/C22H19FN4O3S/c1-13-10-20(25-21(28)15-6-4-5-7-16(15)23)27(26-13)22-24-17(12-31-22)14-8-9-18(29-2)19(11-14)30-3/h4-12H,1-3H3,(H,25,28). The Hall–Kier alpha value is -3.72. The number of hydrogen-bond acceptors (Lipinski definition) is 6. The fourth-order valence-electron chi connectivity index (χ4n) is 3.05. The minimum absolute atomic E-state index is 0.0435. The molecular formula is C22H19FN4O3S. The number of thiazole rings is 1. The highest BCUT2D eigenvalue weighted by molar-refractivity contribution is 7.12. The van der Waals surface area contributed by atoms with Gasteiger partial charge >= 0.3 is 0 Å². The molecule has 4 rings (SSSR count). The van der Waals surface area contributed by atoms with Crippen molar-refractivity contribution in [2.75, 3.05) is 19.5 Å². The van der Waals surface area contributed by atoms with E-state index in [-0.39, 0.29) is 5.56 Å². The molecule has 0 unspecified atom stereocenters. The Kier molecular flexibility index (Phi) is 5.68. The maximum absolute atomic E-state index is 14.0. The number of carbonyl (C=O) groups is 1. The van der Waals surface area contributed by atoms with Crippen LogP contribution in [-0.4, -0.2) is 34.9 Å². The number of aryl methyl sites for hydroxylation is 1. The monoisotopic (exact) mass is 438 g/mol. The number of carbonyl (C=O) groups excluding carboxylic acids is 1. The van der Waals surface area contributed by atoms with Gasteiger partial charge in [0.25, 0.3) is 5.91 Å². The van der Waals surface area contributed by atoms with Crippen molar-refractivity contribution < 1.29 is 18.7 Å². The number of benzene rings is 2. The maximum Gasteiger partial charge on any atom is 0.259 e. The number of rotatable bonds is 6. The number of ether oxygens (including phenoxy) is 2. The third kappa shape index (κ3) is 4.13. The van der Waals surface area contributed by atoms with Gasteiger partial charge in [0.05, 0.1) is 31.2 Å². The number of nitrogens with one attached hydrogen (secondary N) is 1. The van der Waals surface area contributed by atoms with Crippen LogP contribution in [0, 0.1) is 12.7 Å². The number of halogens is 1. The minimum atomic E-state index is -0.590. The Morgan fingerprint density at radius 3 is 2.61 bits per heavy atom. The van der Waals surface area contributed by atoms with E-state index >= 15 is 0 Å². The molecule has 4 aromatic rings. The molecule has 2 aromatic carbocycles. The highest BCUT2D eigenvalue weighted by atomic mass is 32.1. The molecule has 0 spiro atoms. The molecule has 1 N–H and O–H groups in total. The van der Waals surface area contributed by atoms with Crippen LogP contribution in [0.5, 0.6) is 11.5 Å². The quantitative estimate of drug-likeness (QED) is 0.472. The Labute approximate surface area is 182 Å². The van der Waals surface area contributed by atoms with E-state index in [0.717, 1.165) is 11.3 Å². The molecule has 0 bridgehead atoms. The molecule has 0 aliphatic heterocycles. The summed E-state index contributed by atoms with van der Waals surface area (Å²) in [7, 11) is 3.15. The summed E-state index contributed by atoms with van der Waals surface area (Å²) in [5, 5.41) is 9.59. The van der Waals surface area contributed by atoms with Crippen LogP contribution < -0.4 is 14.8 Å². The van der Waals surface area contributed by atoms with Gasteiger partial charge in [-0.2, -0.15) is 9.78 Å². The highest BCUT2D eigenvalue weighted by Crippen LogP contribution is 2.33. The van der Waals surface area contributed by atoms with Gasteiger partial charge in [-0.05, 0) is 37.3 Å². The maximum atomic E-state index is 14.0. The summed E-state index contributed by atoms with van der Waals surface area (Å²) in [6, 6.07) is 13.1. The van der Waals surface area contributed by atoms with E-state index in [1.807, 2.05) is 23.6 Å². The van der Waals surface area contributed by atoms with Crippen molar-refractivity contribution in [1.29, 1.82) is 0 Å². The second-order valence-electron chi connectivity index (χ2n) is 6.60. The highest BCUT2D eigenvalue weighted by Gasteiger charge is 2.17. The van der Waals surface area contributed by atoms with Gasteiger partial charge in [0.1, 0.15) is 11.6 Å². The Morgan fingerprint density at radius 2 is 1.87 bits per heavy atom. The van der Waals surface area contributed by atoms with Gasteiger partial charge in [0.15, 0.2) is 11.5 Å². The molecule has 0 atom stereocenters. The molecule has 2 aromatic heterocycles. The van der Waals surface area contributed by atoms with Gasteiger partial charge < -0.3 is 14.8 Å². The number of nitrogens with zero attached hydrogens (tertiary/aromatic N) is 3. The predicted molar refractivity (Wildman–Crippen MR) is 117 cm³/mol. The van der Waals surface area contributed by atoms with Gasteiger partial charge in [-0.25, -0.2) is 9.37 Å². The lowest BCUT2D eigenvalue weighted by Crippen LogP contribution is -2.16. The number of hydrogen-bond donors (Lipinski definition) is 1. The van der Waals surface area contributed by atoms with Gasteiger partial charge in [0.2, 0.25) is 5.13 Å². The second kappa shape index (κ2) is 8.57. The fourth-order valence-corrected chi connectivity index (χ4v) is 3.85. The summed E-state index contributed by atoms with van der Waals surface area (Å²) in [6.45, 7) is 1.80. The molecule has 0 aliphatic carbocycles. The van der Waals surface area contributed by atoms with Crippen molar-refractivity contribution in [3.8, 4) is 27.9 Å². The van der Waals surface area contributed by atoms with Crippen molar-refractivity contribution in [1.82, 2.24) is 14.8 Å². The molecule has 9 heteroatoms. The number of methoxy groups -OCH3 is 2. The summed E-state index contributed by atoms with van der Waals surface area (Å²) in [5.74, 6) is 0.479. The normalized spacial score (nSPS) is 10.7. The van der Waals surface area contributed by atoms with Crippen LogP contribution in [0.4, 0.5) is 10.2 Å². The van der Waals surface area contributed by atoms with Crippen molar-refractivity contribution in [2.24, 2.45) is 0 Å². The van der Waals surface area contributed by atoms with Crippen LogP contribution in [0.2, 0.25) is 0 Å². The Balaban J connectivity index is 1.64. The lowest BCUT2D eigenvalue weighted by molar-refractivity contribution is 0.102. The average molecular weight is 438 g/mol. The molecule has 0 saturated carbocycles. The molecule has 0 aliphatic rings. The summed E-state index contributed by atoms with van der Waals surface area (Å²) < 4.78 is 26.1. The number of aromatic nitrogens is 3. The van der Waals surface area contributed by atoms with Crippen LogP contribution in [0.15, 0.2) is 53.9 Å². The average Bonchev–Trinajstić information content (AvgIpc) is 3.40. The van der Waals surface area contributed by atoms with Crippen LogP contribution in [0.1, 0.15) is 16.1 Å². The van der Waals surface area contributed by atoms with Crippen LogP contribution in [0.25, 0.3) is 16.4 Å². The first-order valence-electron chi connectivity index (χ1n) is 9.31. The zero-order chi connectivity index (χ0) is 22.0. The molecule has 0 fully saturated rings. The van der Waals surface area contributed by atoms with Crippen molar-refractivity contribution >= 4 is 23.1 Å². The minimum Gasteiger partial charge on any atom is -0.493 e. The zero-order valence-electron chi connectivity index (χ0n) is 17.0. The molecular weight excluding hydrogens is 419 g/mol. The van der Waals surface area contributed by atoms with E-state index in [9.17, 15) is 9.18 Å². The van der Waals surface area contributed by atoms with E-state index in [1.54, 1.807) is 33.3 Å². The molecule has 2 heterocycles. The predicted octanol–water partition coefficient (Wildman–Crippen LogP) is 4.71. The summed E-state index contributed by atoms with van der Waals surface area (Å²) in [5.41, 5.74) is 2.21. The Bertz CT molecular complexity index is 1250. The van der Waals surface area contributed by atoms with Crippen molar-refractivity contribution in [3.63, 3.8) is 0 Å². The van der Waals surface area contributed by atoms with Crippen molar-refractivity contribution in [3.05, 3.63) is 71.0 Å². The van der Waals surface area contributed by atoms with Gasteiger partial charge in [0, 0.05) is 17.0 Å². The Morgan fingerprint density at radius 1 is 1.10 bits per heavy atom. The first-order chi connectivity index (χ1) is 15.0. The van der Waals surface area contributed by atoms with Gasteiger partial charge in [-0.3, -0.25) is 4.79 Å². The van der Waals surface area contributed by atoms with Gasteiger partial charge in [-0.15, -0.1) is 11.3 Å². The molecule has 7 nitrogen and oxygen atoms in total. The molecule has 158 valence electrons. The lowest BCUT2D eigenvalue weighted by atomic mass is 10.1. The van der Waals surface area contributed by atoms with E-state index in [1.165, 1.54) is 34.2 Å². The van der Waals surface area contributed by atoms with Crippen LogP contribution >= 0.6 is 11.3 Å². The van der Waals surface area contributed by atoms with Crippen LogP contribution in [-0.2, 0) is 0 Å². The fraction of sp³-hybridized carbons (Fsp3) is 0.136. The SMILES string of the molecule is COc1ccc(-c2csc(-n3nc(C)cc3NC(=O)c3ccccc3F)n2)cc1OC. The zero-order valence-corrected chi connectivity index (χ0v) is 17.9. The van der Waals surface area contributed by atoms with E-state index in [0.29, 0.717) is 28.1 Å². The second-order valence-corrected chi connectivity index (χ2v) is 7.44. The number of amides is 1. The first-order valence-corrected chi connectivity index (χ1v) is 10.2. The van der Waals surface area contributed by atoms with E-state index in [2.05, 4.69) is 15.4 Å². The smallest absolute Gasteiger partial charge is 0.259 e. The third-order valence-electron chi connectivity index (χ3n) is 4.54. The lowest BCUT2D eigenvalue weighted by Gasteiger charge is -2.08. The summed E-state index contributed by atoms with van der Waals surface area (Å²) >= 11 is 1.37. The number of anilines is 1. The molecule has 1 amide bonds. The summed E-state index contributed by atoms with van der Waals surface area (Å²) in [6.07, 6.45) is 0. The molecule has 0 saturated heterocycles. The topological polar surface area (TPSA) is 78.3 Å². The van der Waals surface area contributed by atoms with E-state index in [4.69, 9.17) is 9.47 Å². The molecule has 31 heavy (non-hydrogen) atoms. The van der Waals surface area contributed by atoms with Gasteiger partial charge in [-0.1, -0.05) is 12.1 Å². The largest absolute Gasteiger partial charge is 0.493 e. The van der Waals surface area contributed by atoms with Crippen LogP contribution in [0.3, 0.4) is 0 Å². The summed E-state index contributed by atoms with van der Waals surface area (Å²) in [4.78, 5) is 17.2. The first kappa shape index (κ1) is 20.5. The molecule has 0 radical (unpaired) electrons.